The molecule has 1 amide bonds. The van der Waals surface area contributed by atoms with E-state index in [-0.39, 0.29) is 12.1 Å². The van der Waals surface area contributed by atoms with Gasteiger partial charge in [0, 0.05) is 20.7 Å². The van der Waals surface area contributed by atoms with Gasteiger partial charge in [0.2, 0.25) is 11.9 Å². The number of hydrogen-bond donors (Lipinski definition) is 0. The molecule has 4 aromatic rings. The van der Waals surface area contributed by atoms with Crippen LogP contribution in [0.15, 0.2) is 84.9 Å². The van der Waals surface area contributed by atoms with Crippen LogP contribution in [0.5, 0.6) is 5.75 Å². The second-order valence-electron chi connectivity index (χ2n) is 12.6. The maximum atomic E-state index is 15.5. The Kier molecular flexibility index (Phi) is 10.3. The summed E-state index contributed by atoms with van der Waals surface area (Å²) in [6.07, 6.45) is 12.4. The molecular formula is C39H44FN3O3. The summed E-state index contributed by atoms with van der Waals surface area (Å²) in [5, 5.41) is 4.82. The van der Waals surface area contributed by atoms with E-state index in [0.717, 1.165) is 79.3 Å². The molecule has 1 aliphatic carbocycles. The van der Waals surface area contributed by atoms with Crippen LogP contribution in [0, 0.1) is 11.9 Å². The Morgan fingerprint density at radius 1 is 0.957 bits per heavy atom. The number of carbonyl (C=O) groups is 1. The maximum absolute atomic E-state index is 15.5. The van der Waals surface area contributed by atoms with E-state index in [1.54, 1.807) is 29.8 Å². The van der Waals surface area contributed by atoms with Crippen LogP contribution in [0.2, 0.25) is 0 Å². The van der Waals surface area contributed by atoms with Crippen LogP contribution in [0.3, 0.4) is 0 Å². The lowest BCUT2D eigenvalue weighted by Crippen LogP contribution is -2.19. The first-order valence-corrected chi connectivity index (χ1v) is 16.7. The molecule has 1 atom stereocenters. The highest BCUT2D eigenvalue weighted by Crippen LogP contribution is 2.45. The summed E-state index contributed by atoms with van der Waals surface area (Å²) in [7, 11) is 3.50. The van der Waals surface area contributed by atoms with Gasteiger partial charge in [0.25, 0.3) is 0 Å². The number of fused-ring (bicyclic) bond motifs is 1. The van der Waals surface area contributed by atoms with Gasteiger partial charge in [-0.2, -0.15) is 4.39 Å². The van der Waals surface area contributed by atoms with E-state index < -0.39 is 5.95 Å². The Balaban J connectivity index is 1.28. The molecule has 6 nitrogen and oxygen atoms in total. The van der Waals surface area contributed by atoms with Gasteiger partial charge in [-0.3, -0.25) is 4.79 Å². The van der Waals surface area contributed by atoms with Crippen molar-refractivity contribution < 1.29 is 18.7 Å². The molecule has 1 saturated carbocycles. The van der Waals surface area contributed by atoms with Gasteiger partial charge in [0.1, 0.15) is 5.75 Å². The molecule has 46 heavy (non-hydrogen) atoms. The van der Waals surface area contributed by atoms with E-state index in [1.807, 2.05) is 30.3 Å². The number of aromatic nitrogens is 2. The monoisotopic (exact) mass is 621 g/mol. The predicted octanol–water partition coefficient (Wildman–Crippen LogP) is 8.83. The van der Waals surface area contributed by atoms with E-state index in [1.165, 1.54) is 17.6 Å². The molecule has 0 bridgehead atoms. The molecule has 0 spiro atoms. The Labute approximate surface area is 271 Å². The van der Waals surface area contributed by atoms with E-state index in [9.17, 15) is 4.79 Å². The number of carbonyl (C=O) groups excluding carboxylic acids is 1. The van der Waals surface area contributed by atoms with Gasteiger partial charge in [-0.15, -0.1) is 5.10 Å². The average molecular weight is 622 g/mol. The van der Waals surface area contributed by atoms with Gasteiger partial charge in [-0.1, -0.05) is 61.0 Å². The molecule has 1 aromatic heterocycles. The van der Waals surface area contributed by atoms with Gasteiger partial charge in [0.15, 0.2) is 6.23 Å². The molecular weight excluding hydrogens is 577 g/mol. The summed E-state index contributed by atoms with van der Waals surface area (Å²) < 4.78 is 29.2. The van der Waals surface area contributed by atoms with Crippen molar-refractivity contribution >= 4 is 28.0 Å². The van der Waals surface area contributed by atoms with Gasteiger partial charge in [-0.05, 0) is 115 Å². The molecule has 240 valence electrons. The topological polar surface area (TPSA) is 56.6 Å². The van der Waals surface area contributed by atoms with Crippen molar-refractivity contribution in [1.82, 2.24) is 14.7 Å². The first-order valence-electron chi connectivity index (χ1n) is 16.7. The Bertz CT molecular complexity index is 1680. The number of benzene rings is 3. The third kappa shape index (κ3) is 7.26. The van der Waals surface area contributed by atoms with Gasteiger partial charge in [0.05, 0.1) is 17.5 Å². The zero-order valence-corrected chi connectivity index (χ0v) is 27.0. The summed E-state index contributed by atoms with van der Waals surface area (Å²) >= 11 is 0. The molecule has 2 heterocycles. The summed E-state index contributed by atoms with van der Waals surface area (Å²) in [5.74, 6) is 0.807. The minimum atomic E-state index is -0.459. The number of likely N-dealkylation sites (N-methyl/N-ethyl adjacent to an activating group) is 1. The van der Waals surface area contributed by atoms with E-state index in [4.69, 9.17) is 9.47 Å². The smallest absolute Gasteiger partial charge is 0.245 e. The van der Waals surface area contributed by atoms with Crippen molar-refractivity contribution in [3.63, 3.8) is 0 Å². The van der Waals surface area contributed by atoms with Crippen molar-refractivity contribution in [2.45, 2.75) is 64.0 Å². The van der Waals surface area contributed by atoms with Crippen molar-refractivity contribution in [3.05, 3.63) is 108 Å². The van der Waals surface area contributed by atoms with Gasteiger partial charge < -0.3 is 14.4 Å². The standard InChI is InChI=1S/C39H44FN3O3/c1-42(2)35(44)17-8-3-4-10-25-45-32-22-19-30(20-23-32)38(37(29-15-12-16-29)28-13-6-5-7-14-28)31-21-24-34-33(27-31)39(40)41-43(34)36-18-9-11-26-46-36/h5-8,13-14,17,19-24,27,29,36H,3-4,9-12,15-16,18,25-26H2,1-2H3/b17-8+,38-37-. The second kappa shape index (κ2) is 14.9. The fourth-order valence-electron chi connectivity index (χ4n) is 6.38. The van der Waals surface area contributed by atoms with Crippen LogP contribution >= 0.6 is 0 Å². The molecule has 7 heteroatoms. The molecule has 0 radical (unpaired) electrons. The van der Waals surface area contributed by atoms with Crippen LogP contribution in [0.1, 0.15) is 80.7 Å². The Morgan fingerprint density at radius 2 is 1.74 bits per heavy atom. The number of allylic oxidation sites excluding steroid dienone is 2. The molecule has 0 N–H and O–H groups in total. The van der Waals surface area contributed by atoms with Crippen molar-refractivity contribution in [1.29, 1.82) is 0 Å². The number of hydrogen-bond acceptors (Lipinski definition) is 4. The average Bonchev–Trinajstić information content (AvgIpc) is 3.40. The quantitative estimate of drug-likeness (QED) is 0.0901. The summed E-state index contributed by atoms with van der Waals surface area (Å²) in [6.45, 7) is 1.29. The first kappa shape index (κ1) is 31.7. The van der Waals surface area contributed by atoms with E-state index in [0.29, 0.717) is 24.5 Å². The van der Waals surface area contributed by atoms with Crippen LogP contribution in [0.4, 0.5) is 4.39 Å². The minimum Gasteiger partial charge on any atom is -0.494 e. The van der Waals surface area contributed by atoms with Crippen LogP contribution in [-0.2, 0) is 9.53 Å². The maximum Gasteiger partial charge on any atom is 0.245 e. The third-order valence-electron chi connectivity index (χ3n) is 9.12. The number of rotatable bonds is 12. The number of halogens is 1. The number of nitrogens with zero attached hydrogens (tertiary/aromatic N) is 3. The van der Waals surface area contributed by atoms with Gasteiger partial charge in [-0.25, -0.2) is 4.68 Å². The number of amides is 1. The molecule has 1 aliphatic heterocycles. The zero-order chi connectivity index (χ0) is 31.9. The summed E-state index contributed by atoms with van der Waals surface area (Å²) in [4.78, 5) is 13.2. The Hall–Kier alpha value is -4.23. The van der Waals surface area contributed by atoms with Crippen LogP contribution < -0.4 is 4.74 Å². The summed E-state index contributed by atoms with van der Waals surface area (Å²) in [6, 6.07) is 25.0. The highest BCUT2D eigenvalue weighted by molar-refractivity contribution is 6.01. The lowest BCUT2D eigenvalue weighted by molar-refractivity contribution is -0.123. The zero-order valence-electron chi connectivity index (χ0n) is 27.0. The predicted molar refractivity (Wildman–Crippen MR) is 182 cm³/mol. The van der Waals surface area contributed by atoms with Crippen molar-refractivity contribution in [2.24, 2.45) is 5.92 Å². The lowest BCUT2D eigenvalue weighted by atomic mass is 9.73. The fourth-order valence-corrected chi connectivity index (χ4v) is 6.38. The van der Waals surface area contributed by atoms with Crippen molar-refractivity contribution in [3.8, 4) is 5.75 Å². The first-order chi connectivity index (χ1) is 22.5. The largest absolute Gasteiger partial charge is 0.494 e. The Morgan fingerprint density at radius 3 is 2.43 bits per heavy atom. The number of ether oxygens (including phenoxy) is 2. The van der Waals surface area contributed by atoms with Crippen LogP contribution in [-0.4, -0.2) is 47.9 Å². The van der Waals surface area contributed by atoms with Crippen molar-refractivity contribution in [2.75, 3.05) is 27.3 Å². The SMILES string of the molecule is CN(C)C(=O)/C=C/CCCCOc1ccc(/C(=C(\c2ccccc2)C2CCC2)c2ccc3c(c2)c(F)nn3C2CCCCO2)cc1. The lowest BCUT2D eigenvalue weighted by Gasteiger charge is -2.31. The highest BCUT2D eigenvalue weighted by Gasteiger charge is 2.28. The molecule has 1 unspecified atom stereocenters. The number of unbranched alkanes of at least 4 members (excludes halogenated alkanes) is 2. The molecule has 2 fully saturated rings. The third-order valence-corrected chi connectivity index (χ3v) is 9.12. The second-order valence-corrected chi connectivity index (χ2v) is 12.6. The molecule has 6 rings (SSSR count). The van der Waals surface area contributed by atoms with Gasteiger partial charge >= 0.3 is 0 Å². The molecule has 1 saturated heterocycles. The minimum absolute atomic E-state index is 0.00617. The van der Waals surface area contributed by atoms with E-state index in [2.05, 4.69) is 53.6 Å². The summed E-state index contributed by atoms with van der Waals surface area (Å²) in [5.41, 5.74) is 6.47. The molecule has 3 aromatic carbocycles. The van der Waals surface area contributed by atoms with E-state index >= 15 is 4.39 Å². The normalized spacial score (nSPS) is 17.6. The highest BCUT2D eigenvalue weighted by atomic mass is 19.1. The fraction of sp³-hybridized carbons (Fsp3) is 0.385. The van der Waals surface area contributed by atoms with Crippen LogP contribution in [0.25, 0.3) is 22.0 Å². The molecule has 2 aliphatic rings.